The van der Waals surface area contributed by atoms with Crippen LogP contribution in [0.25, 0.3) is 0 Å². The molecule has 1 aliphatic carbocycles. The maximum Gasteiger partial charge on any atom is 0.317 e. The van der Waals surface area contributed by atoms with E-state index in [-0.39, 0.29) is 24.3 Å². The van der Waals surface area contributed by atoms with Gasteiger partial charge in [-0.1, -0.05) is 18.2 Å². The van der Waals surface area contributed by atoms with E-state index in [1.807, 2.05) is 16.8 Å². The number of aliphatic carboxylic acids is 1. The fourth-order valence-corrected chi connectivity index (χ4v) is 3.94. The predicted molar refractivity (Wildman–Crippen MR) is 91.8 cm³/mol. The molecule has 1 N–H and O–H groups in total. The molecule has 1 atom stereocenters. The second-order valence-corrected chi connectivity index (χ2v) is 7.25. The van der Waals surface area contributed by atoms with Crippen molar-refractivity contribution in [3.63, 3.8) is 0 Å². The number of benzene rings is 1. The minimum atomic E-state index is -0.837. The van der Waals surface area contributed by atoms with Gasteiger partial charge in [-0.3, -0.25) is 14.5 Å². The van der Waals surface area contributed by atoms with Gasteiger partial charge in [0.2, 0.25) is 5.91 Å². The molecule has 1 amide bonds. The van der Waals surface area contributed by atoms with Gasteiger partial charge in [0.05, 0.1) is 12.0 Å². The Kier molecular flexibility index (Phi) is 5.08. The first-order valence-electron chi connectivity index (χ1n) is 8.90. The van der Waals surface area contributed by atoms with Gasteiger partial charge in [0.1, 0.15) is 5.82 Å². The highest BCUT2D eigenvalue weighted by atomic mass is 19.1. The number of carbonyl (C=O) groups is 2. The summed E-state index contributed by atoms with van der Waals surface area (Å²) < 4.78 is 14.2. The lowest BCUT2D eigenvalue weighted by molar-refractivity contribution is -0.138. The van der Waals surface area contributed by atoms with Gasteiger partial charge in [-0.05, 0) is 45.2 Å². The molecule has 1 saturated carbocycles. The highest BCUT2D eigenvalue weighted by molar-refractivity contribution is 5.91. The van der Waals surface area contributed by atoms with Crippen molar-refractivity contribution < 1.29 is 19.1 Å². The van der Waals surface area contributed by atoms with Gasteiger partial charge in [0, 0.05) is 24.7 Å². The molecule has 1 aromatic rings. The lowest BCUT2D eigenvalue weighted by Crippen LogP contribution is -2.41. The smallest absolute Gasteiger partial charge is 0.317 e. The van der Waals surface area contributed by atoms with Crippen molar-refractivity contribution in [3.8, 4) is 0 Å². The summed E-state index contributed by atoms with van der Waals surface area (Å²) in [4.78, 5) is 27.7. The average molecular weight is 348 g/mol. The number of likely N-dealkylation sites (N-methyl/N-ethyl adjacent to an activating group) is 1. The molecule has 0 aromatic heterocycles. The number of carboxylic acids is 1. The van der Waals surface area contributed by atoms with Crippen LogP contribution in [-0.2, 0) is 15.0 Å². The molecule has 0 bridgehead atoms. The monoisotopic (exact) mass is 348 g/mol. The van der Waals surface area contributed by atoms with Gasteiger partial charge in [-0.25, -0.2) is 4.39 Å². The van der Waals surface area contributed by atoms with E-state index in [0.717, 1.165) is 19.3 Å². The van der Waals surface area contributed by atoms with Crippen molar-refractivity contribution in [2.45, 2.75) is 43.6 Å². The fourth-order valence-electron chi connectivity index (χ4n) is 3.94. The SMILES string of the molecule is CN(CC(=O)O)C1CCCN(C(=O)C2(c3ccccc3F)CC2)CC1. The van der Waals surface area contributed by atoms with Crippen LogP contribution < -0.4 is 0 Å². The molecule has 0 spiro atoms. The lowest BCUT2D eigenvalue weighted by Gasteiger charge is -2.28. The Morgan fingerprint density at radius 3 is 2.64 bits per heavy atom. The van der Waals surface area contributed by atoms with Crippen molar-refractivity contribution in [2.75, 3.05) is 26.7 Å². The van der Waals surface area contributed by atoms with Crippen molar-refractivity contribution in [2.24, 2.45) is 0 Å². The molecule has 5 nitrogen and oxygen atoms in total. The third kappa shape index (κ3) is 3.68. The van der Waals surface area contributed by atoms with E-state index in [2.05, 4.69) is 0 Å². The van der Waals surface area contributed by atoms with Gasteiger partial charge in [-0.15, -0.1) is 0 Å². The number of hydrogen-bond acceptors (Lipinski definition) is 3. The first-order chi connectivity index (χ1) is 11.9. The maximum absolute atomic E-state index is 14.2. The zero-order valence-corrected chi connectivity index (χ0v) is 14.6. The van der Waals surface area contributed by atoms with E-state index < -0.39 is 11.4 Å². The van der Waals surface area contributed by atoms with Gasteiger partial charge in [-0.2, -0.15) is 0 Å². The number of carbonyl (C=O) groups excluding carboxylic acids is 1. The highest BCUT2D eigenvalue weighted by Crippen LogP contribution is 2.50. The molecule has 136 valence electrons. The molecule has 3 rings (SSSR count). The Morgan fingerprint density at radius 2 is 2.00 bits per heavy atom. The van der Waals surface area contributed by atoms with Crippen LogP contribution in [0, 0.1) is 5.82 Å². The molecule has 1 heterocycles. The molecular weight excluding hydrogens is 323 g/mol. The topological polar surface area (TPSA) is 60.9 Å². The summed E-state index contributed by atoms with van der Waals surface area (Å²) in [5, 5.41) is 8.95. The second kappa shape index (κ2) is 7.12. The second-order valence-electron chi connectivity index (χ2n) is 7.25. The van der Waals surface area contributed by atoms with Crippen LogP contribution in [0.4, 0.5) is 4.39 Å². The van der Waals surface area contributed by atoms with Gasteiger partial charge in [0.15, 0.2) is 0 Å². The van der Waals surface area contributed by atoms with Crippen LogP contribution in [0.5, 0.6) is 0 Å². The largest absolute Gasteiger partial charge is 0.480 e. The molecule has 6 heteroatoms. The zero-order valence-electron chi connectivity index (χ0n) is 14.6. The third-order valence-corrected chi connectivity index (χ3v) is 5.54. The quantitative estimate of drug-likeness (QED) is 0.887. The summed E-state index contributed by atoms with van der Waals surface area (Å²) in [6.07, 6.45) is 3.87. The molecule has 1 aromatic carbocycles. The highest BCUT2D eigenvalue weighted by Gasteiger charge is 2.54. The van der Waals surface area contributed by atoms with Crippen molar-refractivity contribution >= 4 is 11.9 Å². The Hall–Kier alpha value is -1.95. The van der Waals surface area contributed by atoms with E-state index in [0.29, 0.717) is 31.5 Å². The molecule has 1 saturated heterocycles. The van der Waals surface area contributed by atoms with Crippen LogP contribution >= 0.6 is 0 Å². The molecule has 1 aliphatic heterocycles. The summed E-state index contributed by atoms with van der Waals surface area (Å²) in [6, 6.07) is 6.74. The van der Waals surface area contributed by atoms with E-state index in [4.69, 9.17) is 5.11 Å². The Bertz CT molecular complexity index is 660. The molecule has 2 fully saturated rings. The summed E-state index contributed by atoms with van der Waals surface area (Å²) in [6.45, 7) is 1.27. The minimum Gasteiger partial charge on any atom is -0.480 e. The van der Waals surface area contributed by atoms with Crippen LogP contribution in [0.15, 0.2) is 24.3 Å². The lowest BCUT2D eigenvalue weighted by atomic mass is 9.93. The fraction of sp³-hybridized carbons (Fsp3) is 0.579. The van der Waals surface area contributed by atoms with Crippen molar-refractivity contribution in [1.29, 1.82) is 0 Å². The third-order valence-electron chi connectivity index (χ3n) is 5.54. The summed E-state index contributed by atoms with van der Waals surface area (Å²) in [7, 11) is 1.82. The van der Waals surface area contributed by atoms with Gasteiger partial charge < -0.3 is 10.0 Å². The zero-order chi connectivity index (χ0) is 18.0. The molecular formula is C19H25FN2O3. The van der Waals surface area contributed by atoms with Crippen LogP contribution in [0.2, 0.25) is 0 Å². The summed E-state index contributed by atoms with van der Waals surface area (Å²) in [5.41, 5.74) is -0.165. The van der Waals surface area contributed by atoms with Crippen molar-refractivity contribution in [1.82, 2.24) is 9.80 Å². The number of nitrogens with zero attached hydrogens (tertiary/aromatic N) is 2. The standard InChI is InChI=1S/C19H25FN2O3/c1-21(13-17(23)24)14-5-4-11-22(12-8-14)18(25)19(9-10-19)15-6-2-3-7-16(15)20/h2-3,6-7,14H,4-5,8-13H2,1H3,(H,23,24). The van der Waals surface area contributed by atoms with Crippen LogP contribution in [0.1, 0.15) is 37.7 Å². The number of hydrogen-bond donors (Lipinski definition) is 1. The molecule has 0 radical (unpaired) electrons. The Morgan fingerprint density at radius 1 is 1.28 bits per heavy atom. The first kappa shape index (κ1) is 17.9. The molecule has 2 aliphatic rings. The van der Waals surface area contributed by atoms with Crippen LogP contribution in [-0.4, -0.2) is 59.5 Å². The van der Waals surface area contributed by atoms with Crippen LogP contribution in [0.3, 0.4) is 0 Å². The van der Waals surface area contributed by atoms with E-state index in [1.165, 1.54) is 6.07 Å². The number of carboxylic acid groups (broad SMARTS) is 1. The predicted octanol–water partition coefficient (Wildman–Crippen LogP) is 2.25. The van der Waals surface area contributed by atoms with Crippen molar-refractivity contribution in [3.05, 3.63) is 35.6 Å². The Labute approximate surface area is 147 Å². The molecule has 1 unspecified atom stereocenters. The van der Waals surface area contributed by atoms with Gasteiger partial charge in [0.25, 0.3) is 0 Å². The first-order valence-corrected chi connectivity index (χ1v) is 8.90. The number of likely N-dealkylation sites (tertiary alicyclic amines) is 1. The maximum atomic E-state index is 14.2. The Balaban J connectivity index is 1.68. The average Bonchev–Trinajstić information content (AvgIpc) is 3.38. The number of rotatable bonds is 5. The summed E-state index contributed by atoms with van der Waals surface area (Å²) >= 11 is 0. The summed E-state index contributed by atoms with van der Waals surface area (Å²) in [5.74, 6) is -1.11. The van der Waals surface area contributed by atoms with Gasteiger partial charge >= 0.3 is 5.97 Å². The number of halogens is 1. The van der Waals surface area contributed by atoms with E-state index >= 15 is 0 Å². The minimum absolute atomic E-state index is 0.0117. The molecule has 25 heavy (non-hydrogen) atoms. The number of amides is 1. The van der Waals surface area contributed by atoms with E-state index in [1.54, 1.807) is 18.2 Å². The van der Waals surface area contributed by atoms with E-state index in [9.17, 15) is 14.0 Å². The normalized spacial score (nSPS) is 22.5.